The molecule has 0 fully saturated rings. The second-order valence-corrected chi connectivity index (χ2v) is 13.3. The van der Waals surface area contributed by atoms with E-state index in [4.69, 9.17) is 4.74 Å². The Morgan fingerprint density at radius 2 is 0.920 bits per heavy atom. The Morgan fingerprint density at radius 3 is 1.64 bits per heavy atom. The van der Waals surface area contributed by atoms with E-state index in [0.29, 0.717) is 0 Å². The van der Waals surface area contributed by atoms with E-state index in [1.54, 1.807) is 0 Å². The Morgan fingerprint density at radius 1 is 0.400 bits per heavy atom. The minimum atomic E-state index is -0.494. The van der Waals surface area contributed by atoms with Gasteiger partial charge in [0.15, 0.2) is 0 Å². The summed E-state index contributed by atoms with van der Waals surface area (Å²) in [5.41, 5.74) is 21.1. The number of hydrogen-bond donors (Lipinski definition) is 2. The molecule has 238 valence electrons. The minimum absolute atomic E-state index is 0.0498. The molecule has 3 aliphatic rings. The van der Waals surface area contributed by atoms with Crippen LogP contribution in [0.4, 0.5) is 0 Å². The summed E-state index contributed by atoms with van der Waals surface area (Å²) in [6, 6.07) is 61.4. The van der Waals surface area contributed by atoms with Crippen molar-refractivity contribution in [2.75, 3.05) is 0 Å². The van der Waals surface area contributed by atoms with E-state index in [1.165, 1.54) is 55.6 Å². The summed E-state index contributed by atoms with van der Waals surface area (Å²) in [7, 11) is 0. The third-order valence-electron chi connectivity index (χ3n) is 10.7. The molecule has 1 spiro atoms. The number of para-hydroxylation sites is 2. The van der Waals surface area contributed by atoms with Crippen molar-refractivity contribution < 1.29 is 4.74 Å². The van der Waals surface area contributed by atoms with Gasteiger partial charge in [-0.15, -0.1) is 0 Å². The van der Waals surface area contributed by atoms with Crippen molar-refractivity contribution in [1.29, 1.82) is 0 Å². The van der Waals surface area contributed by atoms with Crippen molar-refractivity contribution in [2.24, 2.45) is 0 Å². The number of hydrazine groups is 1. The molecule has 1 aliphatic carbocycles. The molecule has 2 heterocycles. The van der Waals surface area contributed by atoms with Gasteiger partial charge in [-0.05, 0) is 62.2 Å². The fraction of sp³-hybridized carbons (Fsp3) is 0.0638. The number of nitrogens with one attached hydrogen (secondary N) is 2. The molecule has 3 heteroatoms. The lowest BCUT2D eigenvalue weighted by Crippen LogP contribution is -2.40. The lowest BCUT2D eigenvalue weighted by atomic mass is 9.65. The predicted octanol–water partition coefficient (Wildman–Crippen LogP) is 10.9. The summed E-state index contributed by atoms with van der Waals surface area (Å²) in [4.78, 5) is 0. The van der Waals surface area contributed by atoms with Crippen LogP contribution < -0.4 is 15.6 Å². The molecule has 7 aromatic carbocycles. The molecule has 10 rings (SSSR count). The molecule has 2 unspecified atom stereocenters. The van der Waals surface area contributed by atoms with Gasteiger partial charge in [0.25, 0.3) is 0 Å². The molecule has 0 saturated heterocycles. The SMILES string of the molecule is C1=CC(c2cccc(-c3ccccc3-c3cccc4c3Oc3ccccc3C43c4ccccc4-c4ccccc43)c2)NNC1c1ccccc1. The van der Waals surface area contributed by atoms with Gasteiger partial charge < -0.3 is 4.74 Å². The first-order valence-corrected chi connectivity index (χ1v) is 17.3. The van der Waals surface area contributed by atoms with Gasteiger partial charge in [-0.1, -0.05) is 170 Å². The van der Waals surface area contributed by atoms with Crippen molar-refractivity contribution in [3.8, 4) is 44.9 Å². The van der Waals surface area contributed by atoms with Crippen molar-refractivity contribution in [1.82, 2.24) is 10.9 Å². The zero-order valence-corrected chi connectivity index (χ0v) is 27.4. The Balaban J connectivity index is 1.11. The predicted molar refractivity (Wildman–Crippen MR) is 202 cm³/mol. The second kappa shape index (κ2) is 11.6. The molecule has 50 heavy (non-hydrogen) atoms. The first kappa shape index (κ1) is 29.0. The van der Waals surface area contributed by atoms with Gasteiger partial charge in [0.05, 0.1) is 17.5 Å². The average Bonchev–Trinajstić information content (AvgIpc) is 3.49. The van der Waals surface area contributed by atoms with Crippen LogP contribution in [0.5, 0.6) is 11.5 Å². The Kier molecular flexibility index (Phi) is 6.70. The normalized spacial score (nSPS) is 17.7. The molecule has 0 amide bonds. The maximum absolute atomic E-state index is 7.01. The number of rotatable bonds is 4. The zero-order valence-electron chi connectivity index (χ0n) is 27.4. The summed E-state index contributed by atoms with van der Waals surface area (Å²) < 4.78 is 7.01. The van der Waals surface area contributed by atoms with Crippen LogP contribution >= 0.6 is 0 Å². The van der Waals surface area contributed by atoms with Gasteiger partial charge in [0, 0.05) is 16.7 Å². The monoisotopic (exact) mass is 642 g/mol. The number of hydrogen-bond acceptors (Lipinski definition) is 3. The minimum Gasteiger partial charge on any atom is -0.456 e. The Bertz CT molecular complexity index is 2400. The molecule has 2 atom stereocenters. The molecule has 7 aromatic rings. The molecule has 0 saturated carbocycles. The number of benzene rings is 7. The third-order valence-corrected chi connectivity index (χ3v) is 10.7. The first-order chi connectivity index (χ1) is 24.8. The highest BCUT2D eigenvalue weighted by atomic mass is 16.5. The van der Waals surface area contributed by atoms with Crippen LogP contribution in [-0.4, -0.2) is 0 Å². The second-order valence-electron chi connectivity index (χ2n) is 13.3. The molecule has 2 aliphatic heterocycles. The fourth-order valence-corrected chi connectivity index (χ4v) is 8.51. The van der Waals surface area contributed by atoms with Gasteiger partial charge >= 0.3 is 0 Å². The molecule has 3 nitrogen and oxygen atoms in total. The molecule has 2 N–H and O–H groups in total. The van der Waals surface area contributed by atoms with Crippen LogP contribution in [0.2, 0.25) is 0 Å². The lowest BCUT2D eigenvalue weighted by molar-refractivity contribution is 0.430. The first-order valence-electron chi connectivity index (χ1n) is 17.3. The van der Waals surface area contributed by atoms with Crippen molar-refractivity contribution in [2.45, 2.75) is 17.5 Å². The maximum Gasteiger partial charge on any atom is 0.140 e. The fourth-order valence-electron chi connectivity index (χ4n) is 8.51. The van der Waals surface area contributed by atoms with Crippen LogP contribution in [0.1, 0.15) is 45.5 Å². The zero-order chi connectivity index (χ0) is 33.1. The highest BCUT2D eigenvalue weighted by molar-refractivity contribution is 5.92. The van der Waals surface area contributed by atoms with E-state index in [-0.39, 0.29) is 12.1 Å². The standard InChI is InChI=1S/C47H34N2O/c1-2-14-31(15-3-1)43-28-29-44(49-48-43)33-17-12-16-32(30-33)34-18-4-5-19-35(34)38-22-13-26-42-46(38)50-45-27-11-10-25-41(45)47(42)39-23-8-6-20-36(39)37-21-7-9-24-40(37)47/h1-30,43-44,48-49H. The van der Waals surface area contributed by atoms with E-state index >= 15 is 0 Å². The van der Waals surface area contributed by atoms with Gasteiger partial charge in [-0.2, -0.15) is 0 Å². The largest absolute Gasteiger partial charge is 0.456 e. The van der Waals surface area contributed by atoms with E-state index in [0.717, 1.165) is 22.6 Å². The van der Waals surface area contributed by atoms with Gasteiger partial charge in [0.1, 0.15) is 11.5 Å². The van der Waals surface area contributed by atoms with Crippen molar-refractivity contribution in [3.05, 3.63) is 215 Å². The molecule has 0 radical (unpaired) electrons. The van der Waals surface area contributed by atoms with E-state index in [9.17, 15) is 0 Å². The molecule has 0 bridgehead atoms. The summed E-state index contributed by atoms with van der Waals surface area (Å²) in [5, 5.41) is 0. The third kappa shape index (κ3) is 4.31. The van der Waals surface area contributed by atoms with Crippen LogP contribution in [0.3, 0.4) is 0 Å². The highest BCUT2D eigenvalue weighted by Gasteiger charge is 2.51. The Labute approximate surface area is 292 Å². The van der Waals surface area contributed by atoms with Crippen LogP contribution in [-0.2, 0) is 5.41 Å². The van der Waals surface area contributed by atoms with E-state index in [1.807, 2.05) is 0 Å². The van der Waals surface area contributed by atoms with Crippen molar-refractivity contribution in [3.63, 3.8) is 0 Å². The number of fused-ring (bicyclic) bond motifs is 9. The Hall–Kier alpha value is -6.00. The quantitative estimate of drug-likeness (QED) is 0.187. The topological polar surface area (TPSA) is 33.3 Å². The van der Waals surface area contributed by atoms with Gasteiger partial charge in [-0.3, -0.25) is 0 Å². The average molecular weight is 643 g/mol. The molecule has 0 aromatic heterocycles. The molecular formula is C47H34N2O. The van der Waals surface area contributed by atoms with Crippen molar-refractivity contribution >= 4 is 0 Å². The van der Waals surface area contributed by atoms with Gasteiger partial charge in [-0.25, -0.2) is 10.9 Å². The summed E-state index contributed by atoms with van der Waals surface area (Å²) in [6.07, 6.45) is 4.51. The van der Waals surface area contributed by atoms with Crippen LogP contribution in [0.25, 0.3) is 33.4 Å². The van der Waals surface area contributed by atoms with Crippen LogP contribution in [0, 0.1) is 0 Å². The lowest BCUT2D eigenvalue weighted by Gasteiger charge is -2.40. The highest BCUT2D eigenvalue weighted by Crippen LogP contribution is 2.63. The van der Waals surface area contributed by atoms with E-state index < -0.39 is 5.41 Å². The maximum atomic E-state index is 7.01. The number of ether oxygens (including phenoxy) is 1. The smallest absolute Gasteiger partial charge is 0.140 e. The summed E-state index contributed by atoms with van der Waals surface area (Å²) >= 11 is 0. The molecular weight excluding hydrogens is 609 g/mol. The van der Waals surface area contributed by atoms with E-state index in [2.05, 4.69) is 193 Å². The summed E-state index contributed by atoms with van der Waals surface area (Å²) in [6.45, 7) is 0. The van der Waals surface area contributed by atoms with Crippen LogP contribution in [0.15, 0.2) is 182 Å². The van der Waals surface area contributed by atoms with Gasteiger partial charge in [0.2, 0.25) is 0 Å². The summed E-state index contributed by atoms with van der Waals surface area (Å²) in [5.74, 6) is 1.81.